The van der Waals surface area contributed by atoms with Gasteiger partial charge < -0.3 is 5.73 Å². The molecule has 0 saturated carbocycles. The highest BCUT2D eigenvalue weighted by Crippen LogP contribution is 2.24. The van der Waals surface area contributed by atoms with Crippen molar-refractivity contribution in [1.29, 1.82) is 0 Å². The largest absolute Gasteiger partial charge is 0.327 e. The Bertz CT molecular complexity index is 664. The molecule has 1 nitrogen and oxygen atoms in total. The third-order valence-corrected chi connectivity index (χ3v) is 4.07. The molecule has 2 aromatic carbocycles. The van der Waals surface area contributed by atoms with Gasteiger partial charge in [0.1, 0.15) is 17.5 Å². The van der Waals surface area contributed by atoms with Gasteiger partial charge in [-0.1, -0.05) is 17.7 Å². The van der Waals surface area contributed by atoms with E-state index in [0.29, 0.717) is 12.0 Å². The minimum absolute atomic E-state index is 0.0187. The van der Waals surface area contributed by atoms with Crippen molar-refractivity contribution in [3.8, 4) is 0 Å². The highest BCUT2D eigenvalue weighted by atomic mass is 79.9. The second-order valence-electron chi connectivity index (χ2n) is 4.73. The summed E-state index contributed by atoms with van der Waals surface area (Å²) in [5, 5.41) is 0.251. The fourth-order valence-corrected chi connectivity index (χ4v) is 2.68. The second-order valence-corrected chi connectivity index (χ2v) is 5.99. The Morgan fingerprint density at radius 3 is 2.48 bits per heavy atom. The summed E-state index contributed by atoms with van der Waals surface area (Å²) in [5.41, 5.74) is 6.50. The molecule has 0 saturated heterocycles. The van der Waals surface area contributed by atoms with Crippen LogP contribution in [-0.4, -0.2) is 6.04 Å². The molecule has 0 bridgehead atoms. The fraction of sp³-hybridized carbons (Fsp3) is 0.200. The molecule has 0 spiro atoms. The van der Waals surface area contributed by atoms with Gasteiger partial charge in [0.25, 0.3) is 0 Å². The lowest BCUT2D eigenvalue weighted by atomic mass is 9.99. The summed E-state index contributed by atoms with van der Waals surface area (Å²) >= 11 is 8.92. The van der Waals surface area contributed by atoms with Gasteiger partial charge in [0.05, 0.1) is 4.47 Å². The highest BCUT2D eigenvalue weighted by Gasteiger charge is 2.16. The third kappa shape index (κ3) is 3.99. The second kappa shape index (κ2) is 6.81. The molecule has 0 aliphatic rings. The van der Waals surface area contributed by atoms with Crippen molar-refractivity contribution in [2.75, 3.05) is 0 Å². The minimum atomic E-state index is -0.657. The van der Waals surface area contributed by atoms with Crippen LogP contribution in [0.1, 0.15) is 11.1 Å². The van der Waals surface area contributed by atoms with Gasteiger partial charge in [-0.25, -0.2) is 13.2 Å². The zero-order chi connectivity index (χ0) is 15.6. The van der Waals surface area contributed by atoms with Crippen LogP contribution in [-0.2, 0) is 12.8 Å². The normalized spacial score (nSPS) is 12.5. The molecule has 0 amide bonds. The van der Waals surface area contributed by atoms with Crippen LogP contribution >= 0.6 is 27.5 Å². The van der Waals surface area contributed by atoms with E-state index in [2.05, 4.69) is 15.9 Å². The van der Waals surface area contributed by atoms with Gasteiger partial charge in [-0.05, 0) is 58.6 Å². The van der Waals surface area contributed by atoms with Gasteiger partial charge in [0.2, 0.25) is 0 Å². The molecule has 0 aliphatic carbocycles. The van der Waals surface area contributed by atoms with Gasteiger partial charge >= 0.3 is 0 Å². The van der Waals surface area contributed by atoms with Gasteiger partial charge in [-0.3, -0.25) is 0 Å². The maximum atomic E-state index is 13.9. The molecule has 21 heavy (non-hydrogen) atoms. The highest BCUT2D eigenvalue weighted by molar-refractivity contribution is 9.10. The Kier molecular flexibility index (Phi) is 5.30. The number of hydrogen-bond donors (Lipinski definition) is 1. The predicted molar refractivity (Wildman–Crippen MR) is 80.9 cm³/mol. The molecule has 0 heterocycles. The monoisotopic (exact) mass is 377 g/mol. The van der Waals surface area contributed by atoms with E-state index in [4.69, 9.17) is 17.3 Å². The van der Waals surface area contributed by atoms with Crippen LogP contribution in [0.25, 0.3) is 0 Å². The lowest BCUT2D eigenvalue weighted by Gasteiger charge is -2.14. The SMILES string of the molecule is NC(Cc1ccc(F)cc1Cl)Cc1c(F)ccc(Br)c1F. The average Bonchev–Trinajstić information content (AvgIpc) is 2.42. The van der Waals surface area contributed by atoms with Crippen LogP contribution in [0.15, 0.2) is 34.8 Å². The van der Waals surface area contributed by atoms with Crippen LogP contribution < -0.4 is 5.73 Å². The lowest BCUT2D eigenvalue weighted by Crippen LogP contribution is -2.26. The van der Waals surface area contributed by atoms with Crippen LogP contribution in [0.5, 0.6) is 0 Å². The summed E-state index contributed by atoms with van der Waals surface area (Å²) in [7, 11) is 0. The fourth-order valence-electron chi connectivity index (χ4n) is 2.06. The van der Waals surface area contributed by atoms with Crippen molar-refractivity contribution in [3.63, 3.8) is 0 Å². The van der Waals surface area contributed by atoms with Gasteiger partial charge in [-0.2, -0.15) is 0 Å². The van der Waals surface area contributed by atoms with Crippen LogP contribution in [0.4, 0.5) is 13.2 Å². The van der Waals surface area contributed by atoms with Crippen LogP contribution in [0.2, 0.25) is 5.02 Å². The number of rotatable bonds is 4. The third-order valence-electron chi connectivity index (χ3n) is 3.10. The Balaban J connectivity index is 2.15. The van der Waals surface area contributed by atoms with Crippen LogP contribution in [0.3, 0.4) is 0 Å². The molecule has 2 rings (SSSR count). The zero-order valence-electron chi connectivity index (χ0n) is 10.8. The summed E-state index contributed by atoms with van der Waals surface area (Å²) in [5.74, 6) is -1.74. The van der Waals surface area contributed by atoms with E-state index in [-0.39, 0.29) is 21.5 Å². The Morgan fingerprint density at radius 2 is 1.81 bits per heavy atom. The minimum Gasteiger partial charge on any atom is -0.327 e. The van der Waals surface area contributed by atoms with Gasteiger partial charge in [0, 0.05) is 16.6 Å². The van der Waals surface area contributed by atoms with E-state index in [1.807, 2.05) is 0 Å². The van der Waals surface area contributed by atoms with E-state index in [1.165, 1.54) is 30.3 Å². The molecular formula is C15H12BrClF3N. The summed E-state index contributed by atoms with van der Waals surface area (Å²) in [6.07, 6.45) is 0.315. The molecule has 2 aromatic rings. The summed E-state index contributed by atoms with van der Waals surface area (Å²) in [6.45, 7) is 0. The maximum absolute atomic E-state index is 13.9. The van der Waals surface area contributed by atoms with Gasteiger partial charge in [0.15, 0.2) is 0 Å². The number of benzene rings is 2. The number of hydrogen-bond acceptors (Lipinski definition) is 1. The summed E-state index contributed by atoms with van der Waals surface area (Å²) in [6, 6.07) is 5.92. The van der Waals surface area contributed by atoms with E-state index in [0.717, 1.165) is 0 Å². The maximum Gasteiger partial charge on any atom is 0.143 e. The van der Waals surface area contributed by atoms with Crippen molar-refractivity contribution in [3.05, 3.63) is 68.4 Å². The van der Waals surface area contributed by atoms with E-state index in [9.17, 15) is 13.2 Å². The van der Waals surface area contributed by atoms with Crippen molar-refractivity contribution < 1.29 is 13.2 Å². The lowest BCUT2D eigenvalue weighted by molar-refractivity contribution is 0.530. The Labute approximate surface area is 134 Å². The smallest absolute Gasteiger partial charge is 0.143 e. The van der Waals surface area contributed by atoms with Crippen molar-refractivity contribution in [2.45, 2.75) is 18.9 Å². The first-order valence-electron chi connectivity index (χ1n) is 6.20. The van der Waals surface area contributed by atoms with Crippen molar-refractivity contribution >= 4 is 27.5 Å². The molecule has 112 valence electrons. The zero-order valence-corrected chi connectivity index (χ0v) is 13.2. The Hall–Kier alpha value is -1.04. The van der Waals surface area contributed by atoms with E-state index >= 15 is 0 Å². The van der Waals surface area contributed by atoms with Crippen molar-refractivity contribution in [2.24, 2.45) is 5.73 Å². The average molecular weight is 379 g/mol. The molecule has 0 radical (unpaired) electrons. The number of halogens is 5. The molecule has 1 atom stereocenters. The summed E-state index contributed by atoms with van der Waals surface area (Å²) < 4.78 is 40.7. The van der Waals surface area contributed by atoms with E-state index in [1.54, 1.807) is 0 Å². The molecule has 0 fully saturated rings. The topological polar surface area (TPSA) is 26.0 Å². The molecule has 0 aliphatic heterocycles. The number of nitrogens with two attached hydrogens (primary N) is 1. The standard InChI is InChI=1S/C15H12BrClF3N/c16-12-3-4-14(19)11(15(12)20)7-10(21)5-8-1-2-9(18)6-13(8)17/h1-4,6,10H,5,7,21H2. The van der Waals surface area contributed by atoms with Crippen LogP contribution in [0, 0.1) is 17.5 Å². The first-order chi connectivity index (χ1) is 9.88. The van der Waals surface area contributed by atoms with Gasteiger partial charge in [-0.15, -0.1) is 0 Å². The molecule has 6 heteroatoms. The molecule has 0 aromatic heterocycles. The van der Waals surface area contributed by atoms with Crippen molar-refractivity contribution in [1.82, 2.24) is 0 Å². The predicted octanol–water partition coefficient (Wildman–Crippen LogP) is 4.63. The first-order valence-corrected chi connectivity index (χ1v) is 7.37. The summed E-state index contributed by atoms with van der Waals surface area (Å²) in [4.78, 5) is 0. The molecule has 2 N–H and O–H groups in total. The quantitative estimate of drug-likeness (QED) is 0.771. The molecule has 1 unspecified atom stereocenters. The van der Waals surface area contributed by atoms with E-state index < -0.39 is 23.5 Å². The molecular weight excluding hydrogens is 367 g/mol. The first kappa shape index (κ1) is 16.3. The Morgan fingerprint density at radius 1 is 1.10 bits per heavy atom.